The Balaban J connectivity index is 0.000000791. The standard InChI is InChI=1S/C10H10O2.H4N2/c11-10(12)8-4-7-9-5-2-1-3-6-9;1-2/h1-7H,8H2,(H,11,12);1-2H2. The first-order valence-electron chi connectivity index (χ1n) is 4.06. The molecule has 14 heavy (non-hydrogen) atoms. The second-order valence-corrected chi connectivity index (χ2v) is 2.41. The number of carbonyl (C=O) groups is 1. The molecule has 0 radical (unpaired) electrons. The third-order valence-corrected chi connectivity index (χ3v) is 1.40. The smallest absolute Gasteiger partial charge is 0.307 e. The van der Waals surface area contributed by atoms with Crippen LogP contribution in [0.25, 0.3) is 6.08 Å². The van der Waals surface area contributed by atoms with E-state index in [1.807, 2.05) is 30.3 Å². The monoisotopic (exact) mass is 194 g/mol. The highest BCUT2D eigenvalue weighted by Gasteiger charge is 1.88. The van der Waals surface area contributed by atoms with Gasteiger partial charge in [0.2, 0.25) is 0 Å². The van der Waals surface area contributed by atoms with E-state index in [9.17, 15) is 4.79 Å². The molecule has 0 bridgehead atoms. The lowest BCUT2D eigenvalue weighted by atomic mass is 10.2. The maximum absolute atomic E-state index is 10.1. The van der Waals surface area contributed by atoms with E-state index in [0.29, 0.717) is 0 Å². The van der Waals surface area contributed by atoms with Crippen LogP contribution < -0.4 is 11.7 Å². The van der Waals surface area contributed by atoms with Crippen LogP contribution in [0.1, 0.15) is 12.0 Å². The Kier molecular flexibility index (Phi) is 7.03. The summed E-state index contributed by atoms with van der Waals surface area (Å²) >= 11 is 0. The Labute approximate surface area is 82.8 Å². The second-order valence-electron chi connectivity index (χ2n) is 2.41. The lowest BCUT2D eigenvalue weighted by Crippen LogP contribution is -2.02. The first kappa shape index (κ1) is 12.4. The molecule has 5 N–H and O–H groups in total. The quantitative estimate of drug-likeness (QED) is 0.494. The lowest BCUT2D eigenvalue weighted by molar-refractivity contribution is -0.135. The maximum atomic E-state index is 10.1. The van der Waals surface area contributed by atoms with Crippen LogP contribution in [0.2, 0.25) is 0 Å². The van der Waals surface area contributed by atoms with E-state index in [-0.39, 0.29) is 6.42 Å². The molecule has 0 saturated heterocycles. The second kappa shape index (κ2) is 7.97. The zero-order valence-electron chi connectivity index (χ0n) is 7.76. The lowest BCUT2D eigenvalue weighted by Gasteiger charge is -1.89. The fraction of sp³-hybridized carbons (Fsp3) is 0.100. The van der Waals surface area contributed by atoms with E-state index in [2.05, 4.69) is 11.7 Å². The number of carboxylic acid groups (broad SMARTS) is 1. The molecule has 4 heteroatoms. The van der Waals surface area contributed by atoms with Crippen molar-refractivity contribution in [3.8, 4) is 0 Å². The molecule has 0 aliphatic heterocycles. The predicted molar refractivity (Wildman–Crippen MR) is 56.1 cm³/mol. The van der Waals surface area contributed by atoms with Crippen LogP contribution in [0, 0.1) is 0 Å². The number of hydrazine groups is 1. The Morgan fingerprint density at radius 3 is 2.36 bits per heavy atom. The SMILES string of the molecule is NN.O=C(O)CC=Cc1ccccc1. The van der Waals surface area contributed by atoms with Gasteiger partial charge in [-0.15, -0.1) is 0 Å². The molecule has 0 heterocycles. The Hall–Kier alpha value is -1.65. The Morgan fingerprint density at radius 2 is 1.86 bits per heavy atom. The summed E-state index contributed by atoms with van der Waals surface area (Å²) in [5, 5.41) is 8.34. The number of hydrogen-bond donors (Lipinski definition) is 3. The van der Waals surface area contributed by atoms with Gasteiger partial charge < -0.3 is 5.11 Å². The molecule has 0 spiro atoms. The van der Waals surface area contributed by atoms with Crippen molar-refractivity contribution in [3.63, 3.8) is 0 Å². The van der Waals surface area contributed by atoms with Crippen molar-refractivity contribution < 1.29 is 9.90 Å². The molecule has 4 nitrogen and oxygen atoms in total. The zero-order valence-corrected chi connectivity index (χ0v) is 7.76. The molecule has 0 atom stereocenters. The van der Waals surface area contributed by atoms with E-state index in [1.165, 1.54) is 0 Å². The fourth-order valence-corrected chi connectivity index (χ4v) is 0.860. The number of rotatable bonds is 3. The Morgan fingerprint density at radius 1 is 1.29 bits per heavy atom. The van der Waals surface area contributed by atoms with Gasteiger partial charge in [-0.05, 0) is 5.56 Å². The fourth-order valence-electron chi connectivity index (χ4n) is 0.860. The molecule has 1 aromatic rings. The molecule has 1 aromatic carbocycles. The van der Waals surface area contributed by atoms with Gasteiger partial charge in [0.25, 0.3) is 0 Å². The molecule has 0 aliphatic carbocycles. The van der Waals surface area contributed by atoms with Crippen LogP contribution in [0.15, 0.2) is 36.4 Å². The summed E-state index contributed by atoms with van der Waals surface area (Å²) < 4.78 is 0. The van der Waals surface area contributed by atoms with Crippen LogP contribution >= 0.6 is 0 Å². The van der Waals surface area contributed by atoms with Gasteiger partial charge >= 0.3 is 5.97 Å². The van der Waals surface area contributed by atoms with Crippen molar-refractivity contribution in [2.45, 2.75) is 6.42 Å². The third kappa shape index (κ3) is 5.93. The highest BCUT2D eigenvalue weighted by atomic mass is 16.4. The Bertz CT molecular complexity index is 283. The molecule has 0 aliphatic rings. The van der Waals surface area contributed by atoms with Crippen molar-refractivity contribution in [3.05, 3.63) is 42.0 Å². The molecular formula is C10H14N2O2. The zero-order chi connectivity index (χ0) is 10.8. The van der Waals surface area contributed by atoms with E-state index in [0.717, 1.165) is 5.56 Å². The average molecular weight is 194 g/mol. The number of nitrogens with two attached hydrogens (primary N) is 2. The molecule has 0 amide bonds. The highest BCUT2D eigenvalue weighted by Crippen LogP contribution is 2.01. The predicted octanol–water partition coefficient (Wildman–Crippen LogP) is 0.993. The van der Waals surface area contributed by atoms with Crippen molar-refractivity contribution in [2.75, 3.05) is 0 Å². The number of benzene rings is 1. The molecule has 1 rings (SSSR count). The first-order valence-corrected chi connectivity index (χ1v) is 4.06. The topological polar surface area (TPSA) is 89.3 Å². The minimum absolute atomic E-state index is 0.0783. The highest BCUT2D eigenvalue weighted by molar-refractivity contribution is 5.70. The summed E-state index contributed by atoms with van der Waals surface area (Å²) in [5.41, 5.74) is 1.03. The van der Waals surface area contributed by atoms with E-state index < -0.39 is 5.97 Å². The van der Waals surface area contributed by atoms with Gasteiger partial charge in [-0.25, -0.2) is 0 Å². The average Bonchev–Trinajstić information content (AvgIpc) is 2.22. The third-order valence-electron chi connectivity index (χ3n) is 1.40. The van der Waals surface area contributed by atoms with Crippen LogP contribution in [-0.4, -0.2) is 11.1 Å². The van der Waals surface area contributed by atoms with Gasteiger partial charge in [0.1, 0.15) is 0 Å². The van der Waals surface area contributed by atoms with Gasteiger partial charge in [0.15, 0.2) is 0 Å². The summed E-state index contributed by atoms with van der Waals surface area (Å²) in [5.74, 6) is 7.20. The molecule has 0 unspecified atom stereocenters. The molecular weight excluding hydrogens is 180 g/mol. The van der Waals surface area contributed by atoms with Crippen molar-refractivity contribution in [1.82, 2.24) is 0 Å². The number of hydrogen-bond acceptors (Lipinski definition) is 3. The van der Waals surface area contributed by atoms with Crippen molar-refractivity contribution in [2.24, 2.45) is 11.7 Å². The van der Waals surface area contributed by atoms with E-state index in [1.54, 1.807) is 12.2 Å². The molecule has 0 fully saturated rings. The summed E-state index contributed by atoms with van der Waals surface area (Å²) in [4.78, 5) is 10.1. The number of aliphatic carboxylic acids is 1. The van der Waals surface area contributed by atoms with Crippen LogP contribution in [0.5, 0.6) is 0 Å². The van der Waals surface area contributed by atoms with Gasteiger partial charge in [0.05, 0.1) is 6.42 Å². The normalized spacial score (nSPS) is 9.29. The van der Waals surface area contributed by atoms with Crippen molar-refractivity contribution in [1.29, 1.82) is 0 Å². The summed E-state index contributed by atoms with van der Waals surface area (Å²) in [6, 6.07) is 9.62. The van der Waals surface area contributed by atoms with Gasteiger partial charge in [-0.1, -0.05) is 42.5 Å². The maximum Gasteiger partial charge on any atom is 0.307 e. The van der Waals surface area contributed by atoms with E-state index in [4.69, 9.17) is 5.11 Å². The van der Waals surface area contributed by atoms with Crippen molar-refractivity contribution >= 4 is 12.0 Å². The van der Waals surface area contributed by atoms with Crippen LogP contribution in [0.3, 0.4) is 0 Å². The summed E-state index contributed by atoms with van der Waals surface area (Å²) in [7, 11) is 0. The van der Waals surface area contributed by atoms with Gasteiger partial charge in [-0.2, -0.15) is 0 Å². The van der Waals surface area contributed by atoms with Gasteiger partial charge in [0, 0.05) is 0 Å². The molecule has 0 aromatic heterocycles. The minimum Gasteiger partial charge on any atom is -0.481 e. The van der Waals surface area contributed by atoms with E-state index >= 15 is 0 Å². The molecule has 0 saturated carbocycles. The first-order chi connectivity index (χ1) is 6.79. The minimum atomic E-state index is -0.804. The summed E-state index contributed by atoms with van der Waals surface area (Å²) in [6.07, 6.45) is 3.51. The van der Waals surface area contributed by atoms with Crippen LogP contribution in [-0.2, 0) is 4.79 Å². The largest absolute Gasteiger partial charge is 0.481 e. The number of carboxylic acids is 1. The molecule has 76 valence electrons. The van der Waals surface area contributed by atoms with Gasteiger partial charge in [-0.3, -0.25) is 16.5 Å². The summed E-state index contributed by atoms with van der Waals surface area (Å²) in [6.45, 7) is 0. The van der Waals surface area contributed by atoms with Crippen LogP contribution in [0.4, 0.5) is 0 Å².